The van der Waals surface area contributed by atoms with Crippen LogP contribution in [0.15, 0.2) is 84.6 Å². The normalized spacial score (nSPS) is 25.0. The molecule has 0 radical (unpaired) electrons. The second-order valence-electron chi connectivity index (χ2n) is 14.2. The van der Waals surface area contributed by atoms with Gasteiger partial charge in [0.2, 0.25) is 11.7 Å². The lowest BCUT2D eigenvalue weighted by atomic mass is 9.55. The Hall–Kier alpha value is -4.12. The van der Waals surface area contributed by atoms with Crippen LogP contribution in [0.5, 0.6) is 17.2 Å². The lowest BCUT2D eigenvalue weighted by Crippen LogP contribution is -2.70. The number of carbonyl (C=O) groups is 1. The highest BCUT2D eigenvalue weighted by Crippen LogP contribution is 2.62. The SMILES string of the molecule is C=CCOc1ccc2c(c1)[C@H]1[C@H](CCCCO)[C@@H](CCCCO)C=C3C(=NOC)C[C@H](N(CCC)C(=O)Cc4cccc(OC)c4)[C@@](OCC=C)(O2)[C@H]31. The number of fused-ring (bicyclic) bond motifs is 2. The molecular formula is C43H58N2O8. The molecule has 1 amide bonds. The molecule has 5 rings (SSSR count). The van der Waals surface area contributed by atoms with Gasteiger partial charge in [0, 0.05) is 37.7 Å². The predicted molar refractivity (Wildman–Crippen MR) is 206 cm³/mol. The Morgan fingerprint density at radius 3 is 2.49 bits per heavy atom. The number of ether oxygens (including phenoxy) is 4. The average molecular weight is 731 g/mol. The van der Waals surface area contributed by atoms with Crippen LogP contribution < -0.4 is 14.2 Å². The number of unbranched alkanes of at least 4 members (excludes halogenated alkanes) is 2. The molecule has 0 aromatic heterocycles. The molecule has 1 fully saturated rings. The zero-order valence-electron chi connectivity index (χ0n) is 31.7. The van der Waals surface area contributed by atoms with Crippen LogP contribution >= 0.6 is 0 Å². The molecule has 0 saturated heterocycles. The summed E-state index contributed by atoms with van der Waals surface area (Å²) in [5, 5.41) is 24.3. The van der Waals surface area contributed by atoms with E-state index in [0.717, 1.165) is 54.5 Å². The zero-order chi connectivity index (χ0) is 37.8. The van der Waals surface area contributed by atoms with E-state index >= 15 is 0 Å². The molecule has 1 aliphatic heterocycles. The van der Waals surface area contributed by atoms with Gasteiger partial charge in [0.1, 0.15) is 37.0 Å². The van der Waals surface area contributed by atoms with Gasteiger partial charge in [0.05, 0.1) is 31.8 Å². The van der Waals surface area contributed by atoms with Gasteiger partial charge in [-0.2, -0.15) is 0 Å². The third-order valence-electron chi connectivity index (χ3n) is 10.9. The Morgan fingerprint density at radius 2 is 1.79 bits per heavy atom. The van der Waals surface area contributed by atoms with E-state index in [9.17, 15) is 15.0 Å². The number of hydrogen-bond acceptors (Lipinski definition) is 9. The summed E-state index contributed by atoms with van der Waals surface area (Å²) >= 11 is 0. The van der Waals surface area contributed by atoms with Crippen LogP contribution in [-0.2, 0) is 20.8 Å². The fourth-order valence-corrected chi connectivity index (χ4v) is 8.76. The van der Waals surface area contributed by atoms with Crippen molar-refractivity contribution in [3.8, 4) is 17.2 Å². The lowest BCUT2D eigenvalue weighted by molar-refractivity contribution is -0.257. The maximum absolute atomic E-state index is 14.6. The minimum Gasteiger partial charge on any atom is -0.497 e. The number of nitrogens with zero attached hydrogens (tertiary/aromatic N) is 2. The number of carbonyl (C=O) groups excluding carboxylic acids is 1. The highest BCUT2D eigenvalue weighted by Gasteiger charge is 2.65. The van der Waals surface area contributed by atoms with Crippen LogP contribution in [0, 0.1) is 17.8 Å². The molecule has 2 aromatic rings. The summed E-state index contributed by atoms with van der Waals surface area (Å²) in [4.78, 5) is 22.1. The summed E-state index contributed by atoms with van der Waals surface area (Å²) in [5.74, 6) is 0.561. The smallest absolute Gasteiger partial charge is 0.239 e. The van der Waals surface area contributed by atoms with Crippen LogP contribution in [0.1, 0.15) is 75.3 Å². The van der Waals surface area contributed by atoms with E-state index in [4.69, 9.17) is 23.8 Å². The predicted octanol–water partition coefficient (Wildman–Crippen LogP) is 7.00. The number of aliphatic hydroxyl groups is 2. The minimum absolute atomic E-state index is 0.0489. The first-order chi connectivity index (χ1) is 25.9. The number of benzene rings is 2. The van der Waals surface area contributed by atoms with E-state index in [2.05, 4.69) is 37.4 Å². The summed E-state index contributed by atoms with van der Waals surface area (Å²) in [6.45, 7) is 11.2. The fourth-order valence-electron chi connectivity index (χ4n) is 8.76. The van der Waals surface area contributed by atoms with Crippen molar-refractivity contribution >= 4 is 11.6 Å². The highest BCUT2D eigenvalue weighted by atomic mass is 16.7. The average Bonchev–Trinajstić information content (AvgIpc) is 3.17. The summed E-state index contributed by atoms with van der Waals surface area (Å²) in [5.41, 5.74) is 3.64. The van der Waals surface area contributed by atoms with E-state index < -0.39 is 11.8 Å². The summed E-state index contributed by atoms with van der Waals surface area (Å²) in [6.07, 6.45) is 11.9. The Kier molecular flexibility index (Phi) is 14.6. The molecule has 2 aliphatic carbocycles. The van der Waals surface area contributed by atoms with E-state index in [1.54, 1.807) is 26.4 Å². The van der Waals surface area contributed by atoms with Crippen molar-refractivity contribution in [1.29, 1.82) is 0 Å². The van der Waals surface area contributed by atoms with Crippen LogP contribution in [0.4, 0.5) is 0 Å². The summed E-state index contributed by atoms with van der Waals surface area (Å²) in [6, 6.07) is 13.0. The van der Waals surface area contributed by atoms with Crippen molar-refractivity contribution in [2.75, 3.05) is 47.2 Å². The van der Waals surface area contributed by atoms with Crippen molar-refractivity contribution < 1.29 is 38.8 Å². The van der Waals surface area contributed by atoms with Crippen LogP contribution in [0.3, 0.4) is 0 Å². The van der Waals surface area contributed by atoms with E-state index in [-0.39, 0.29) is 55.8 Å². The van der Waals surface area contributed by atoms with E-state index in [1.165, 1.54) is 0 Å². The van der Waals surface area contributed by atoms with Gasteiger partial charge in [-0.3, -0.25) is 4.79 Å². The largest absolute Gasteiger partial charge is 0.497 e. The van der Waals surface area contributed by atoms with E-state index in [1.807, 2.05) is 41.3 Å². The van der Waals surface area contributed by atoms with Gasteiger partial charge in [-0.05, 0) is 85.4 Å². The molecule has 10 nitrogen and oxygen atoms in total. The number of methoxy groups -OCH3 is 1. The van der Waals surface area contributed by atoms with Crippen LogP contribution in [0.2, 0.25) is 0 Å². The summed E-state index contributed by atoms with van der Waals surface area (Å²) < 4.78 is 25.8. The first kappa shape index (κ1) is 40.1. The maximum Gasteiger partial charge on any atom is 0.239 e. The molecule has 6 atom stereocenters. The molecule has 0 spiro atoms. The molecule has 0 bridgehead atoms. The third kappa shape index (κ3) is 8.82. The number of oxime groups is 1. The zero-order valence-corrected chi connectivity index (χ0v) is 31.7. The summed E-state index contributed by atoms with van der Waals surface area (Å²) in [7, 11) is 3.18. The molecule has 2 aromatic carbocycles. The van der Waals surface area contributed by atoms with Crippen molar-refractivity contribution in [3.05, 3.63) is 90.6 Å². The minimum atomic E-state index is -1.29. The second kappa shape index (κ2) is 19.3. The first-order valence-electron chi connectivity index (χ1n) is 19.2. The third-order valence-corrected chi connectivity index (χ3v) is 10.9. The van der Waals surface area contributed by atoms with Gasteiger partial charge in [-0.15, -0.1) is 6.58 Å². The second-order valence-corrected chi connectivity index (χ2v) is 14.2. The number of hydrogen-bond donors (Lipinski definition) is 2. The first-order valence-corrected chi connectivity index (χ1v) is 19.2. The van der Waals surface area contributed by atoms with Gasteiger partial charge in [0.15, 0.2) is 0 Å². The van der Waals surface area contributed by atoms with Gasteiger partial charge < -0.3 is 38.9 Å². The molecule has 2 N–H and O–H groups in total. The maximum atomic E-state index is 14.6. The van der Waals surface area contributed by atoms with Crippen molar-refractivity contribution in [2.24, 2.45) is 22.9 Å². The number of aliphatic hydroxyl groups excluding tert-OH is 2. The topological polar surface area (TPSA) is 119 Å². The van der Waals surface area contributed by atoms with Crippen LogP contribution in [-0.4, -0.2) is 85.8 Å². The van der Waals surface area contributed by atoms with Gasteiger partial charge in [-0.1, -0.05) is 61.9 Å². The van der Waals surface area contributed by atoms with Crippen molar-refractivity contribution in [3.63, 3.8) is 0 Å². The Bertz CT molecular complexity index is 1610. The number of rotatable bonds is 21. The molecule has 0 unspecified atom stereocenters. The highest BCUT2D eigenvalue weighted by molar-refractivity contribution is 6.03. The van der Waals surface area contributed by atoms with Gasteiger partial charge in [0.25, 0.3) is 0 Å². The van der Waals surface area contributed by atoms with Crippen molar-refractivity contribution in [2.45, 2.75) is 82.5 Å². The number of allylic oxidation sites excluding steroid dienone is 1. The lowest BCUT2D eigenvalue weighted by Gasteiger charge is -2.60. The standard InChI is InChI=1S/C43H58N2O8/c1-6-20-45(40(48)26-30-14-13-16-32(25-30)49-4)39-29-37(44-50-5)35-27-31(15-9-11-21-46)34(17-10-12-22-47)41-36-28-33(51-23-7-2)18-19-38(36)53-43(39,42(35)41)52-24-8-3/h7-8,13-14,16,18-19,25,27-28,31,34,39,41-42,46-47H,2-3,6,9-12,15,17,20-24,26,29H2,1,4-5H3/t31-,34+,39-,41+,42+,43+/m0/s1. The molecule has 53 heavy (non-hydrogen) atoms. The monoisotopic (exact) mass is 730 g/mol. The molecule has 3 aliphatic rings. The Morgan fingerprint density at radius 1 is 1.02 bits per heavy atom. The Balaban J connectivity index is 1.74. The molecule has 10 heteroatoms. The molecular weight excluding hydrogens is 672 g/mol. The molecule has 288 valence electrons. The fraction of sp³-hybridized carbons (Fsp3) is 0.535. The van der Waals surface area contributed by atoms with Crippen molar-refractivity contribution in [1.82, 2.24) is 4.90 Å². The number of amides is 1. The quantitative estimate of drug-likeness (QED) is 0.0801. The molecule has 1 heterocycles. The van der Waals surface area contributed by atoms with Gasteiger partial charge >= 0.3 is 0 Å². The molecule has 1 saturated carbocycles. The van der Waals surface area contributed by atoms with E-state index in [0.29, 0.717) is 49.7 Å². The van der Waals surface area contributed by atoms with Gasteiger partial charge in [-0.25, -0.2) is 0 Å². The Labute approximate surface area is 315 Å². The van der Waals surface area contributed by atoms with Crippen LogP contribution in [0.25, 0.3) is 0 Å².